The molecule has 158 valence electrons. The van der Waals surface area contributed by atoms with E-state index in [1.54, 1.807) is 31.2 Å². The van der Waals surface area contributed by atoms with Gasteiger partial charge in [-0.05, 0) is 79.7 Å². The Balaban J connectivity index is 1.31. The molecule has 0 amide bonds. The number of benzene rings is 1. The molecule has 0 heteroatoms. The molecule has 2 aliphatic rings. The summed E-state index contributed by atoms with van der Waals surface area (Å²) in [5.74, 6) is 4.22. The topological polar surface area (TPSA) is 0 Å². The van der Waals surface area contributed by atoms with E-state index < -0.39 is 0 Å². The summed E-state index contributed by atoms with van der Waals surface area (Å²) in [6.45, 7) is 4.60. The fraction of sp³-hybridized carbons (Fsp3) is 0.786. The lowest BCUT2D eigenvalue weighted by molar-refractivity contribution is 0.140. The Bertz CT molecular complexity index is 511. The monoisotopic (exact) mass is 382 g/mol. The van der Waals surface area contributed by atoms with E-state index in [1.165, 1.54) is 82.6 Å². The molecule has 0 radical (unpaired) electrons. The van der Waals surface area contributed by atoms with E-state index in [4.69, 9.17) is 0 Å². The first-order chi connectivity index (χ1) is 13.8. The second-order valence-corrected chi connectivity index (χ2v) is 10.2. The van der Waals surface area contributed by atoms with Crippen LogP contribution in [-0.2, 0) is 12.8 Å². The van der Waals surface area contributed by atoms with Crippen molar-refractivity contribution in [2.45, 2.75) is 117 Å². The molecular weight excluding hydrogens is 336 g/mol. The van der Waals surface area contributed by atoms with Gasteiger partial charge in [-0.2, -0.15) is 0 Å². The second kappa shape index (κ2) is 12.0. The van der Waals surface area contributed by atoms with Crippen LogP contribution in [0, 0.1) is 23.7 Å². The van der Waals surface area contributed by atoms with Crippen molar-refractivity contribution in [2.24, 2.45) is 23.7 Å². The van der Waals surface area contributed by atoms with E-state index in [2.05, 4.69) is 38.1 Å². The van der Waals surface area contributed by atoms with E-state index >= 15 is 0 Å². The summed E-state index contributed by atoms with van der Waals surface area (Å²) in [6, 6.07) is 9.48. The third-order valence-corrected chi connectivity index (χ3v) is 8.07. The van der Waals surface area contributed by atoms with Crippen LogP contribution >= 0.6 is 0 Å². The minimum atomic E-state index is 0.997. The van der Waals surface area contributed by atoms with Gasteiger partial charge in [0, 0.05) is 0 Å². The van der Waals surface area contributed by atoms with E-state index in [9.17, 15) is 0 Å². The van der Waals surface area contributed by atoms with Gasteiger partial charge < -0.3 is 0 Å². The molecule has 0 heterocycles. The predicted molar refractivity (Wildman–Crippen MR) is 124 cm³/mol. The first-order valence-corrected chi connectivity index (χ1v) is 12.9. The minimum absolute atomic E-state index is 0.997. The zero-order valence-electron chi connectivity index (χ0n) is 18.9. The number of aryl methyl sites for hydroxylation is 2. The Morgan fingerprint density at radius 3 is 1.57 bits per heavy atom. The van der Waals surface area contributed by atoms with E-state index in [0.29, 0.717) is 0 Å². The quantitative estimate of drug-likeness (QED) is 0.355. The first-order valence-electron chi connectivity index (χ1n) is 12.9. The summed E-state index contributed by atoms with van der Waals surface area (Å²) in [7, 11) is 0. The summed E-state index contributed by atoms with van der Waals surface area (Å²) in [5.41, 5.74) is 3.07. The molecule has 0 unspecified atom stereocenters. The van der Waals surface area contributed by atoms with Crippen molar-refractivity contribution >= 4 is 0 Å². The van der Waals surface area contributed by atoms with Crippen LogP contribution in [0.25, 0.3) is 0 Å². The molecule has 0 aromatic heterocycles. The zero-order valence-corrected chi connectivity index (χ0v) is 18.9. The molecule has 0 nitrogen and oxygen atoms in total. The van der Waals surface area contributed by atoms with Crippen molar-refractivity contribution in [3.63, 3.8) is 0 Å². The SMILES string of the molecule is CCCCCC1CCC(C2CCC(CCc3ccc(CCC)cc3)CC2)CC1. The Morgan fingerprint density at radius 2 is 1.07 bits per heavy atom. The zero-order chi connectivity index (χ0) is 19.6. The lowest BCUT2D eigenvalue weighted by atomic mass is 9.68. The summed E-state index contributed by atoms with van der Waals surface area (Å²) in [5, 5.41) is 0. The molecule has 2 aliphatic carbocycles. The number of rotatable bonds is 10. The Kier molecular flexibility index (Phi) is 9.42. The second-order valence-electron chi connectivity index (χ2n) is 10.2. The first kappa shape index (κ1) is 21.9. The summed E-state index contributed by atoms with van der Waals surface area (Å²) in [4.78, 5) is 0. The van der Waals surface area contributed by atoms with Crippen molar-refractivity contribution < 1.29 is 0 Å². The highest BCUT2D eigenvalue weighted by atomic mass is 14.4. The van der Waals surface area contributed by atoms with Gasteiger partial charge in [0.15, 0.2) is 0 Å². The number of unbranched alkanes of at least 4 members (excludes halogenated alkanes) is 2. The van der Waals surface area contributed by atoms with Gasteiger partial charge in [0.05, 0.1) is 0 Å². The fourth-order valence-corrected chi connectivity index (χ4v) is 6.11. The maximum Gasteiger partial charge on any atom is -0.0276 e. The Morgan fingerprint density at radius 1 is 0.571 bits per heavy atom. The molecule has 0 atom stereocenters. The molecule has 0 aliphatic heterocycles. The van der Waals surface area contributed by atoms with Gasteiger partial charge in [-0.1, -0.05) is 95.9 Å². The summed E-state index contributed by atoms with van der Waals surface area (Å²) >= 11 is 0. The van der Waals surface area contributed by atoms with Crippen molar-refractivity contribution in [3.8, 4) is 0 Å². The molecular formula is C28H46. The van der Waals surface area contributed by atoms with Crippen LogP contribution in [0.4, 0.5) is 0 Å². The van der Waals surface area contributed by atoms with Crippen LogP contribution in [-0.4, -0.2) is 0 Å². The van der Waals surface area contributed by atoms with Crippen LogP contribution in [0.2, 0.25) is 0 Å². The molecule has 1 aromatic carbocycles. The smallest absolute Gasteiger partial charge is 0.0276 e. The molecule has 1 aromatic rings. The van der Waals surface area contributed by atoms with E-state index in [1.807, 2.05) is 0 Å². The average Bonchev–Trinajstić information content (AvgIpc) is 2.75. The third-order valence-electron chi connectivity index (χ3n) is 8.07. The maximum atomic E-state index is 2.38. The minimum Gasteiger partial charge on any atom is -0.0654 e. The molecule has 2 saturated carbocycles. The van der Waals surface area contributed by atoms with Gasteiger partial charge in [-0.25, -0.2) is 0 Å². The highest BCUT2D eigenvalue weighted by molar-refractivity contribution is 5.22. The number of hydrogen-bond acceptors (Lipinski definition) is 0. The van der Waals surface area contributed by atoms with Crippen LogP contribution in [0.15, 0.2) is 24.3 Å². The van der Waals surface area contributed by atoms with Crippen LogP contribution in [0.3, 0.4) is 0 Å². The largest absolute Gasteiger partial charge is 0.0654 e. The van der Waals surface area contributed by atoms with Crippen molar-refractivity contribution in [1.82, 2.24) is 0 Å². The highest BCUT2D eigenvalue weighted by Crippen LogP contribution is 2.43. The van der Waals surface area contributed by atoms with Crippen molar-refractivity contribution in [3.05, 3.63) is 35.4 Å². The van der Waals surface area contributed by atoms with Gasteiger partial charge in [0.25, 0.3) is 0 Å². The van der Waals surface area contributed by atoms with Crippen molar-refractivity contribution in [2.75, 3.05) is 0 Å². The third kappa shape index (κ3) is 6.93. The van der Waals surface area contributed by atoms with Crippen molar-refractivity contribution in [1.29, 1.82) is 0 Å². The van der Waals surface area contributed by atoms with Gasteiger partial charge >= 0.3 is 0 Å². The molecule has 2 fully saturated rings. The Labute approximate surface area is 175 Å². The highest BCUT2D eigenvalue weighted by Gasteiger charge is 2.30. The maximum absolute atomic E-state index is 2.38. The molecule has 3 rings (SSSR count). The van der Waals surface area contributed by atoms with Crippen LogP contribution in [0.1, 0.15) is 115 Å². The molecule has 0 N–H and O–H groups in total. The Hall–Kier alpha value is -0.780. The van der Waals surface area contributed by atoms with Gasteiger partial charge in [0.2, 0.25) is 0 Å². The lowest BCUT2D eigenvalue weighted by Gasteiger charge is -2.38. The van der Waals surface area contributed by atoms with Crippen LogP contribution < -0.4 is 0 Å². The van der Waals surface area contributed by atoms with Crippen LogP contribution in [0.5, 0.6) is 0 Å². The summed E-state index contributed by atoms with van der Waals surface area (Å²) in [6.07, 6.45) is 23.3. The normalized spacial score (nSPS) is 28.4. The fourth-order valence-electron chi connectivity index (χ4n) is 6.11. The summed E-state index contributed by atoms with van der Waals surface area (Å²) < 4.78 is 0. The van der Waals surface area contributed by atoms with Gasteiger partial charge in [0.1, 0.15) is 0 Å². The predicted octanol–water partition coefficient (Wildman–Crippen LogP) is 8.76. The van der Waals surface area contributed by atoms with Gasteiger partial charge in [-0.3, -0.25) is 0 Å². The van der Waals surface area contributed by atoms with Gasteiger partial charge in [-0.15, -0.1) is 0 Å². The molecule has 0 bridgehead atoms. The average molecular weight is 383 g/mol. The molecule has 0 spiro atoms. The lowest BCUT2D eigenvalue weighted by Crippen LogP contribution is -2.26. The number of hydrogen-bond donors (Lipinski definition) is 0. The standard InChI is InChI=1S/C28H46/c1-3-5-6-8-24-15-19-27(20-16-24)28-21-17-26(18-22-28)14-13-25-11-9-23(7-4-2)10-12-25/h9-12,24,26-28H,3-8,13-22H2,1-2H3. The molecule has 28 heavy (non-hydrogen) atoms. The molecule has 0 saturated heterocycles. The van der Waals surface area contributed by atoms with E-state index in [0.717, 1.165) is 23.7 Å². The van der Waals surface area contributed by atoms with E-state index in [-0.39, 0.29) is 0 Å².